The summed E-state index contributed by atoms with van der Waals surface area (Å²) in [6.07, 6.45) is 7.99. The largest absolute Gasteiger partial charge is 0.377 e. The van der Waals surface area contributed by atoms with Crippen molar-refractivity contribution in [2.45, 2.75) is 63.1 Å². The molecule has 2 amide bonds. The normalized spacial score (nSPS) is 24.1. The Bertz CT molecular complexity index is 2770. The average Bonchev–Trinajstić information content (AvgIpc) is 3.93. The number of allylic oxidation sites excluding steroid dienone is 1. The lowest BCUT2D eigenvalue weighted by Crippen LogP contribution is -2.46. The van der Waals surface area contributed by atoms with Gasteiger partial charge in [0.25, 0.3) is 11.8 Å². The van der Waals surface area contributed by atoms with Crippen LogP contribution in [0.3, 0.4) is 0 Å². The van der Waals surface area contributed by atoms with Crippen LogP contribution in [-0.2, 0) is 16.0 Å². The highest BCUT2D eigenvalue weighted by Gasteiger charge is 2.37. The Balaban J connectivity index is 0.969. The molecule has 0 unspecified atom stereocenters. The van der Waals surface area contributed by atoms with Gasteiger partial charge in [-0.3, -0.25) is 9.59 Å². The van der Waals surface area contributed by atoms with Gasteiger partial charge in [-0.1, -0.05) is 42.8 Å². The smallest absolute Gasteiger partial charge is 0.256 e. The summed E-state index contributed by atoms with van der Waals surface area (Å²) in [5.74, 6) is 1.79. The molecule has 0 saturated carbocycles. The second-order valence-corrected chi connectivity index (χ2v) is 17.1. The maximum atomic E-state index is 14.9. The molecule has 6 aliphatic heterocycles. The van der Waals surface area contributed by atoms with E-state index >= 15 is 0 Å². The van der Waals surface area contributed by atoms with Crippen molar-refractivity contribution in [3.8, 4) is 22.5 Å². The first-order valence-electron chi connectivity index (χ1n) is 21.4. The minimum atomic E-state index is -0.0770. The number of nitrogens with zero attached hydrogens (tertiary/aromatic N) is 7. The van der Waals surface area contributed by atoms with Crippen molar-refractivity contribution in [2.24, 2.45) is 0 Å². The van der Waals surface area contributed by atoms with Crippen molar-refractivity contribution < 1.29 is 19.1 Å². The SMILES string of the molecule is Cc1nc2cccc3c2nc1N1CCOC[C@@H]1CCC[C@H]1CN(Cc2nc4cccc5c4nc2N2CCOC[C@@H]2/C=C/C[C@H]2CNC(=O)c4cc-5[nH]c42)C(=O)c2cc-3[nH]c21. The summed E-state index contributed by atoms with van der Waals surface area (Å²) in [7, 11) is 0. The van der Waals surface area contributed by atoms with Crippen LogP contribution in [-0.4, -0.2) is 111 Å². The van der Waals surface area contributed by atoms with Crippen LogP contribution in [0.1, 0.15) is 81.0 Å². The quantitative estimate of drug-likeness (QED) is 0.178. The molecule has 6 aromatic rings. The number of ether oxygens (including phenoxy) is 2. The van der Waals surface area contributed by atoms with Gasteiger partial charge >= 0.3 is 0 Å². The number of aromatic nitrogens is 6. The molecule has 6 aliphatic rings. The molecule has 4 atom stereocenters. The zero-order valence-corrected chi connectivity index (χ0v) is 33.5. The van der Waals surface area contributed by atoms with Gasteiger partial charge in [0, 0.05) is 71.9 Å². The number of nitrogens with one attached hydrogen (secondary N) is 3. The predicted molar refractivity (Wildman–Crippen MR) is 227 cm³/mol. The van der Waals surface area contributed by atoms with E-state index in [0.29, 0.717) is 63.7 Å². The molecule has 12 rings (SSSR count). The predicted octanol–water partition coefficient (Wildman–Crippen LogP) is 5.99. The van der Waals surface area contributed by atoms with Crippen molar-refractivity contribution in [1.82, 2.24) is 40.1 Å². The van der Waals surface area contributed by atoms with Crippen molar-refractivity contribution in [3.05, 3.63) is 94.6 Å². The van der Waals surface area contributed by atoms with Crippen LogP contribution < -0.4 is 15.1 Å². The van der Waals surface area contributed by atoms with E-state index in [1.54, 1.807) is 0 Å². The lowest BCUT2D eigenvalue weighted by atomic mass is 9.90. The number of anilines is 2. The number of benzene rings is 2. The number of aryl methyl sites for hydroxylation is 1. The summed E-state index contributed by atoms with van der Waals surface area (Å²) in [5.41, 5.74) is 11.7. The standard InChI is InChI=1S/C46H46N10O4/c1-25-43-52-41-31(10-4-12-34(41)48-25)37-19-33-40(51-37)27(7-3-9-28-23-59-16-14-55(28)43)21-54(46(33)58)22-38-44-53-42-30(11-5-13-35(42)49-38)36-18-32-39(50-36)26(20-47-45(32)57)6-2-8-29-24-60-17-15-56(29)44/h2,4-5,8,10-13,18-19,26-29,50-51H,3,6-7,9,14-17,20-24H2,1H3,(H,47,57)/b8-2+/t26-,27-,28-,29-/m0/s1. The van der Waals surface area contributed by atoms with Gasteiger partial charge in [0.2, 0.25) is 0 Å². The Hall–Kier alpha value is -6.12. The summed E-state index contributed by atoms with van der Waals surface area (Å²) < 4.78 is 12.1. The topological polar surface area (TPSA) is 157 Å². The number of H-pyrrole nitrogens is 2. The first-order valence-corrected chi connectivity index (χ1v) is 21.4. The molecule has 8 bridgehead atoms. The third kappa shape index (κ3) is 5.75. The molecule has 60 heavy (non-hydrogen) atoms. The summed E-state index contributed by atoms with van der Waals surface area (Å²) in [4.78, 5) is 63.2. The van der Waals surface area contributed by atoms with Crippen LogP contribution in [0.5, 0.6) is 0 Å². The Morgan fingerprint density at radius 3 is 2.30 bits per heavy atom. The highest BCUT2D eigenvalue weighted by atomic mass is 16.5. The summed E-state index contributed by atoms with van der Waals surface area (Å²) in [6, 6.07) is 16.2. The van der Waals surface area contributed by atoms with E-state index < -0.39 is 0 Å². The zero-order chi connectivity index (χ0) is 40.1. The molecule has 0 spiro atoms. The zero-order valence-electron chi connectivity index (χ0n) is 33.5. The Labute approximate surface area is 346 Å². The average molecular weight is 803 g/mol. The van der Waals surface area contributed by atoms with Crippen LogP contribution in [0.25, 0.3) is 44.6 Å². The van der Waals surface area contributed by atoms with Gasteiger partial charge in [0.05, 0.1) is 72.9 Å². The number of carbonyl (C=O) groups is 2. The Morgan fingerprint density at radius 2 is 1.48 bits per heavy atom. The Morgan fingerprint density at radius 1 is 0.767 bits per heavy atom. The molecule has 2 saturated heterocycles. The van der Waals surface area contributed by atoms with Crippen LogP contribution in [0.15, 0.2) is 60.7 Å². The van der Waals surface area contributed by atoms with Gasteiger partial charge in [-0.05, 0) is 50.5 Å². The first kappa shape index (κ1) is 35.8. The van der Waals surface area contributed by atoms with E-state index in [9.17, 15) is 9.59 Å². The fraction of sp³-hybridized carbons (Fsp3) is 0.391. The number of aromatic amines is 2. The fourth-order valence-electron chi connectivity index (χ4n) is 10.5. The fourth-order valence-corrected chi connectivity index (χ4v) is 10.5. The van der Waals surface area contributed by atoms with E-state index in [-0.39, 0.29) is 35.7 Å². The molecule has 10 heterocycles. The number of morpholine rings is 2. The third-order valence-electron chi connectivity index (χ3n) is 13.5. The second kappa shape index (κ2) is 14.0. The highest BCUT2D eigenvalue weighted by molar-refractivity contribution is 6.01. The minimum absolute atomic E-state index is 0.0262. The summed E-state index contributed by atoms with van der Waals surface area (Å²) in [6.45, 7) is 7.28. The van der Waals surface area contributed by atoms with Crippen LogP contribution in [0.4, 0.5) is 11.6 Å². The number of amides is 2. The molecular formula is C46H46N10O4. The van der Waals surface area contributed by atoms with Crippen molar-refractivity contribution >= 4 is 45.5 Å². The van der Waals surface area contributed by atoms with Gasteiger partial charge in [-0.25, -0.2) is 19.9 Å². The van der Waals surface area contributed by atoms with Gasteiger partial charge in [-0.15, -0.1) is 0 Å². The monoisotopic (exact) mass is 802 g/mol. The van der Waals surface area contributed by atoms with Crippen molar-refractivity contribution in [1.29, 1.82) is 0 Å². The van der Waals surface area contributed by atoms with Crippen molar-refractivity contribution in [3.63, 3.8) is 0 Å². The van der Waals surface area contributed by atoms with E-state index in [0.717, 1.165) is 111 Å². The number of carbonyl (C=O) groups excluding carboxylic acids is 2. The van der Waals surface area contributed by atoms with E-state index in [1.165, 1.54) is 0 Å². The van der Waals surface area contributed by atoms with Crippen LogP contribution in [0, 0.1) is 6.92 Å². The van der Waals surface area contributed by atoms with Gasteiger partial charge in [-0.2, -0.15) is 0 Å². The molecule has 3 N–H and O–H groups in total. The van der Waals surface area contributed by atoms with Crippen LogP contribution in [0.2, 0.25) is 0 Å². The molecule has 4 aromatic heterocycles. The molecule has 2 aromatic carbocycles. The number of rotatable bonds is 2. The van der Waals surface area contributed by atoms with Crippen molar-refractivity contribution in [2.75, 3.05) is 62.4 Å². The maximum Gasteiger partial charge on any atom is 0.256 e. The number of para-hydroxylation sites is 2. The Kier molecular flexibility index (Phi) is 8.34. The van der Waals surface area contributed by atoms with Gasteiger partial charge in [0.1, 0.15) is 16.7 Å². The number of fused-ring (bicyclic) bond motifs is 10. The maximum absolute atomic E-state index is 14.9. The molecule has 0 radical (unpaired) electrons. The lowest BCUT2D eigenvalue weighted by Gasteiger charge is -2.38. The molecule has 2 fully saturated rings. The molecule has 14 nitrogen and oxygen atoms in total. The van der Waals surface area contributed by atoms with E-state index in [1.807, 2.05) is 54.3 Å². The number of hydrogen-bond donors (Lipinski definition) is 3. The molecular weight excluding hydrogens is 757 g/mol. The van der Waals surface area contributed by atoms with Crippen LogP contribution >= 0.6 is 0 Å². The summed E-state index contributed by atoms with van der Waals surface area (Å²) >= 11 is 0. The third-order valence-corrected chi connectivity index (χ3v) is 13.5. The second-order valence-electron chi connectivity index (χ2n) is 17.1. The highest BCUT2D eigenvalue weighted by Crippen LogP contribution is 2.41. The van der Waals surface area contributed by atoms with E-state index in [2.05, 4.69) is 43.3 Å². The molecule has 0 aliphatic carbocycles. The lowest BCUT2D eigenvalue weighted by molar-refractivity contribution is 0.0697. The van der Waals surface area contributed by atoms with Gasteiger partial charge < -0.3 is 39.5 Å². The summed E-state index contributed by atoms with van der Waals surface area (Å²) in [5, 5.41) is 3.09. The minimum Gasteiger partial charge on any atom is -0.377 e. The molecule has 304 valence electrons. The van der Waals surface area contributed by atoms with Gasteiger partial charge in [0.15, 0.2) is 11.6 Å². The van der Waals surface area contributed by atoms with E-state index in [4.69, 9.17) is 29.4 Å². The first-order chi connectivity index (χ1) is 29.4. The molecule has 14 heteroatoms. The number of hydrogen-bond acceptors (Lipinski definition) is 10.